The van der Waals surface area contributed by atoms with Crippen LogP contribution in [-0.2, 0) is 23.3 Å². The normalized spacial score (nSPS) is 12.3. The van der Waals surface area contributed by atoms with Crippen LogP contribution in [0.15, 0.2) is 6.20 Å². The summed E-state index contributed by atoms with van der Waals surface area (Å²) in [6, 6.07) is 0. The fraction of sp³-hybridized carbons (Fsp3) is 0.400. The number of pyridine rings is 1. The molecule has 0 amide bonds. The van der Waals surface area contributed by atoms with Crippen molar-refractivity contribution in [1.29, 1.82) is 0 Å². The van der Waals surface area contributed by atoms with Gasteiger partial charge in [-0.2, -0.15) is 13.2 Å². The molecule has 0 aromatic carbocycles. The third kappa shape index (κ3) is 4.66. The lowest BCUT2D eigenvalue weighted by Gasteiger charge is -2.18. The number of hydrogen-bond donors (Lipinski definition) is 1. The first-order chi connectivity index (χ1) is 9.45. The van der Waals surface area contributed by atoms with Gasteiger partial charge in [0.15, 0.2) is 5.75 Å². The number of aliphatic carboxylic acids is 1. The number of halogens is 7. The van der Waals surface area contributed by atoms with E-state index in [-0.39, 0.29) is 6.20 Å². The van der Waals surface area contributed by atoms with Gasteiger partial charge in [-0.05, 0) is 0 Å². The minimum atomic E-state index is -5.32. The molecule has 21 heavy (non-hydrogen) atoms. The van der Waals surface area contributed by atoms with Crippen LogP contribution < -0.4 is 4.74 Å². The molecule has 118 valence electrons. The number of carbonyl (C=O) groups is 1. The van der Waals surface area contributed by atoms with Crippen molar-refractivity contribution in [2.45, 2.75) is 24.8 Å². The van der Waals surface area contributed by atoms with E-state index < -0.39 is 53.4 Å². The predicted molar refractivity (Wildman–Crippen MR) is 56.8 cm³/mol. The third-order valence-corrected chi connectivity index (χ3v) is 2.45. The number of ether oxygens (including phenoxy) is 1. The molecule has 1 heterocycles. The number of carboxylic acids is 1. The van der Waals surface area contributed by atoms with Gasteiger partial charge in [0.25, 0.3) is 0 Å². The smallest absolute Gasteiger partial charge is 0.481 e. The Bertz CT molecular complexity index is 543. The number of aromatic nitrogens is 1. The number of hydrogen-bond acceptors (Lipinski definition) is 3. The zero-order chi connectivity index (χ0) is 16.4. The summed E-state index contributed by atoms with van der Waals surface area (Å²) in [5, 5.41) is 8.55. The van der Waals surface area contributed by atoms with Crippen molar-refractivity contribution in [2.24, 2.45) is 0 Å². The van der Waals surface area contributed by atoms with Gasteiger partial charge in [0.2, 0.25) is 0 Å². The Labute approximate surface area is 118 Å². The first kappa shape index (κ1) is 17.3. The minimum Gasteiger partial charge on any atom is -0.481 e. The summed E-state index contributed by atoms with van der Waals surface area (Å²) in [6.07, 6.45) is -11.2. The largest absolute Gasteiger partial charge is 0.573 e. The van der Waals surface area contributed by atoms with Crippen molar-refractivity contribution in [1.82, 2.24) is 4.98 Å². The summed E-state index contributed by atoms with van der Waals surface area (Å²) >= 11 is 5.26. The van der Waals surface area contributed by atoms with Crippen LogP contribution in [0.3, 0.4) is 0 Å². The highest BCUT2D eigenvalue weighted by molar-refractivity contribution is 6.17. The van der Waals surface area contributed by atoms with Gasteiger partial charge < -0.3 is 9.84 Å². The second-order valence-corrected chi connectivity index (χ2v) is 3.94. The molecule has 0 bridgehead atoms. The lowest BCUT2D eigenvalue weighted by atomic mass is 10.1. The van der Waals surface area contributed by atoms with Crippen LogP contribution in [0, 0.1) is 0 Å². The fourth-order valence-electron chi connectivity index (χ4n) is 1.46. The van der Waals surface area contributed by atoms with Crippen LogP contribution >= 0.6 is 11.6 Å². The Morgan fingerprint density at radius 1 is 1.29 bits per heavy atom. The molecular weight excluding hydrogens is 332 g/mol. The van der Waals surface area contributed by atoms with Crippen LogP contribution in [0.25, 0.3) is 0 Å². The zero-order valence-corrected chi connectivity index (χ0v) is 10.6. The van der Waals surface area contributed by atoms with Gasteiger partial charge in [-0.3, -0.25) is 9.78 Å². The van der Waals surface area contributed by atoms with Crippen LogP contribution in [0.5, 0.6) is 5.75 Å². The first-order valence-electron chi connectivity index (χ1n) is 5.07. The summed E-state index contributed by atoms with van der Waals surface area (Å²) in [5.41, 5.74) is -3.35. The summed E-state index contributed by atoms with van der Waals surface area (Å²) in [6.45, 7) is 0. The summed E-state index contributed by atoms with van der Waals surface area (Å²) in [5.74, 6) is -3.89. The van der Waals surface area contributed by atoms with E-state index in [0.717, 1.165) is 0 Å². The van der Waals surface area contributed by atoms with E-state index in [2.05, 4.69) is 9.72 Å². The number of carboxylic acid groups (broad SMARTS) is 1. The maximum atomic E-state index is 12.7. The maximum Gasteiger partial charge on any atom is 0.573 e. The second kappa shape index (κ2) is 5.96. The lowest BCUT2D eigenvalue weighted by molar-refractivity contribution is -0.275. The Morgan fingerprint density at radius 3 is 2.24 bits per heavy atom. The quantitative estimate of drug-likeness (QED) is 0.676. The van der Waals surface area contributed by atoms with E-state index in [1.165, 1.54) is 0 Å². The molecule has 0 aliphatic rings. The lowest BCUT2D eigenvalue weighted by Crippen LogP contribution is -2.22. The molecule has 0 saturated carbocycles. The van der Waals surface area contributed by atoms with E-state index in [1.54, 1.807) is 0 Å². The van der Waals surface area contributed by atoms with Crippen LogP contribution in [0.1, 0.15) is 16.8 Å². The van der Waals surface area contributed by atoms with Crippen molar-refractivity contribution < 1.29 is 41.0 Å². The molecule has 1 aromatic rings. The molecule has 0 radical (unpaired) electrons. The molecule has 11 heteroatoms. The molecule has 4 nitrogen and oxygen atoms in total. The molecule has 1 rings (SSSR count). The molecular formula is C10H6ClF6NO3. The van der Waals surface area contributed by atoms with E-state index >= 15 is 0 Å². The van der Waals surface area contributed by atoms with Gasteiger partial charge in [0.05, 0.1) is 23.6 Å². The average molecular weight is 338 g/mol. The predicted octanol–water partition coefficient (Wildman–Crippen LogP) is 3.36. The van der Waals surface area contributed by atoms with E-state index in [1.807, 2.05) is 0 Å². The zero-order valence-electron chi connectivity index (χ0n) is 9.85. The monoisotopic (exact) mass is 337 g/mol. The van der Waals surface area contributed by atoms with E-state index in [4.69, 9.17) is 16.7 Å². The third-order valence-electron chi connectivity index (χ3n) is 2.19. The Hall–Kier alpha value is -1.71. The minimum absolute atomic E-state index is 0.221. The van der Waals surface area contributed by atoms with Gasteiger partial charge >= 0.3 is 18.5 Å². The van der Waals surface area contributed by atoms with Crippen LogP contribution in [0.4, 0.5) is 26.3 Å². The van der Waals surface area contributed by atoms with Gasteiger partial charge in [0.1, 0.15) is 0 Å². The molecule has 0 unspecified atom stereocenters. The molecule has 0 aliphatic carbocycles. The summed E-state index contributed by atoms with van der Waals surface area (Å²) in [4.78, 5) is 13.6. The van der Waals surface area contributed by atoms with Crippen molar-refractivity contribution in [3.63, 3.8) is 0 Å². The molecule has 0 fully saturated rings. The van der Waals surface area contributed by atoms with Crippen molar-refractivity contribution in [2.75, 3.05) is 0 Å². The highest BCUT2D eigenvalue weighted by atomic mass is 35.5. The molecule has 1 N–H and O–H groups in total. The topological polar surface area (TPSA) is 59.4 Å². The van der Waals surface area contributed by atoms with Gasteiger partial charge in [-0.25, -0.2) is 0 Å². The Kier molecular flexibility index (Phi) is 4.92. The van der Waals surface area contributed by atoms with Crippen molar-refractivity contribution in [3.05, 3.63) is 23.0 Å². The standard InChI is InChI=1S/C10H6ClF6NO3/c11-2-4-5(9(12,13)14)3-18-6(1-7(19)20)8(4)21-10(15,16)17/h3H,1-2H2,(H,19,20). The Morgan fingerprint density at radius 2 is 1.86 bits per heavy atom. The van der Waals surface area contributed by atoms with Gasteiger partial charge in [0, 0.05) is 11.8 Å². The van der Waals surface area contributed by atoms with Crippen LogP contribution in [-0.4, -0.2) is 22.4 Å². The highest BCUT2D eigenvalue weighted by Gasteiger charge is 2.39. The molecule has 0 spiro atoms. The summed E-state index contributed by atoms with van der Waals surface area (Å²) < 4.78 is 78.4. The highest BCUT2D eigenvalue weighted by Crippen LogP contribution is 2.39. The number of nitrogens with zero attached hydrogens (tertiary/aromatic N) is 1. The molecule has 0 aliphatic heterocycles. The van der Waals surface area contributed by atoms with Crippen molar-refractivity contribution >= 4 is 17.6 Å². The van der Waals surface area contributed by atoms with E-state index in [0.29, 0.717) is 0 Å². The fourth-order valence-corrected chi connectivity index (χ4v) is 1.72. The Balaban J connectivity index is 3.52. The molecule has 1 aromatic heterocycles. The first-order valence-corrected chi connectivity index (χ1v) is 5.60. The van der Waals surface area contributed by atoms with Crippen LogP contribution in [0.2, 0.25) is 0 Å². The maximum absolute atomic E-state index is 12.7. The second-order valence-electron chi connectivity index (χ2n) is 3.68. The van der Waals surface area contributed by atoms with Crippen molar-refractivity contribution in [3.8, 4) is 5.75 Å². The SMILES string of the molecule is O=C(O)Cc1ncc(C(F)(F)F)c(CCl)c1OC(F)(F)F. The van der Waals surface area contributed by atoms with Gasteiger partial charge in [-0.1, -0.05) is 0 Å². The number of rotatable bonds is 4. The molecule has 0 saturated heterocycles. The van der Waals surface area contributed by atoms with E-state index in [9.17, 15) is 31.1 Å². The average Bonchev–Trinajstić information content (AvgIpc) is 2.26. The van der Waals surface area contributed by atoms with Gasteiger partial charge in [-0.15, -0.1) is 24.8 Å². The summed E-state index contributed by atoms with van der Waals surface area (Å²) in [7, 11) is 0. The number of alkyl halides is 7. The molecule has 0 atom stereocenters.